The molecule has 3 unspecified atom stereocenters. The predicted molar refractivity (Wildman–Crippen MR) is 66.5 cm³/mol. The van der Waals surface area contributed by atoms with Crippen LogP contribution in [-0.4, -0.2) is 36.3 Å². The van der Waals surface area contributed by atoms with Crippen LogP contribution in [0.2, 0.25) is 0 Å². The maximum absolute atomic E-state index is 5.67. The van der Waals surface area contributed by atoms with Crippen LogP contribution in [0.1, 0.15) is 39.0 Å². The molecular weight excluding hydrogens is 206 g/mol. The molecule has 0 spiro atoms. The molecular formula is C12H23NOS. The normalized spacial score (nSPS) is 34.2. The molecule has 2 heterocycles. The summed E-state index contributed by atoms with van der Waals surface area (Å²) in [5.74, 6) is 2.66. The molecule has 0 aromatic carbocycles. The summed E-state index contributed by atoms with van der Waals surface area (Å²) in [5.41, 5.74) is 0. The lowest BCUT2D eigenvalue weighted by Crippen LogP contribution is -2.41. The van der Waals surface area contributed by atoms with Crippen LogP contribution in [0.25, 0.3) is 0 Å². The van der Waals surface area contributed by atoms with Crippen molar-refractivity contribution >= 4 is 11.8 Å². The van der Waals surface area contributed by atoms with Gasteiger partial charge in [0.05, 0.1) is 6.10 Å². The van der Waals surface area contributed by atoms with Crippen LogP contribution in [0, 0.1) is 0 Å². The monoisotopic (exact) mass is 229 g/mol. The fourth-order valence-electron chi connectivity index (χ4n) is 2.57. The molecule has 2 aliphatic heterocycles. The summed E-state index contributed by atoms with van der Waals surface area (Å²) in [7, 11) is 0. The first kappa shape index (κ1) is 11.7. The number of ether oxygens (including phenoxy) is 1. The highest BCUT2D eigenvalue weighted by atomic mass is 32.2. The standard InChI is InChI=1S/C12H23NOS/c1-10(8-12-5-2-6-14-12)13-11-4-3-7-15-9-11/h10-13H,2-9H2,1H3. The minimum Gasteiger partial charge on any atom is -0.378 e. The fraction of sp³-hybridized carbons (Fsp3) is 1.00. The van der Waals surface area contributed by atoms with Gasteiger partial charge in [0.15, 0.2) is 0 Å². The third-order valence-corrected chi connectivity index (χ3v) is 4.54. The Labute approximate surface area is 97.5 Å². The highest BCUT2D eigenvalue weighted by Crippen LogP contribution is 2.20. The number of nitrogens with one attached hydrogen (secondary N) is 1. The lowest BCUT2D eigenvalue weighted by Gasteiger charge is -2.27. The number of thioether (sulfide) groups is 1. The van der Waals surface area contributed by atoms with E-state index in [1.807, 2.05) is 0 Å². The van der Waals surface area contributed by atoms with Crippen molar-refractivity contribution in [2.75, 3.05) is 18.1 Å². The molecule has 2 saturated heterocycles. The van der Waals surface area contributed by atoms with Gasteiger partial charge in [0.2, 0.25) is 0 Å². The second-order valence-electron chi connectivity index (χ2n) is 4.85. The fourth-order valence-corrected chi connectivity index (χ4v) is 3.65. The lowest BCUT2D eigenvalue weighted by molar-refractivity contribution is 0.0951. The van der Waals surface area contributed by atoms with E-state index in [0.29, 0.717) is 12.1 Å². The van der Waals surface area contributed by atoms with Crippen molar-refractivity contribution in [3.05, 3.63) is 0 Å². The zero-order valence-electron chi connectivity index (χ0n) is 9.71. The van der Waals surface area contributed by atoms with E-state index in [2.05, 4.69) is 24.0 Å². The Morgan fingerprint density at radius 3 is 3.00 bits per heavy atom. The van der Waals surface area contributed by atoms with Gasteiger partial charge in [-0.25, -0.2) is 0 Å². The Kier molecular flexibility index (Phi) is 4.79. The van der Waals surface area contributed by atoms with Crippen LogP contribution < -0.4 is 5.32 Å². The molecule has 2 aliphatic rings. The topological polar surface area (TPSA) is 21.3 Å². The molecule has 88 valence electrons. The van der Waals surface area contributed by atoms with Crippen molar-refractivity contribution in [3.8, 4) is 0 Å². The van der Waals surface area contributed by atoms with E-state index in [0.717, 1.165) is 12.6 Å². The van der Waals surface area contributed by atoms with E-state index < -0.39 is 0 Å². The summed E-state index contributed by atoms with van der Waals surface area (Å²) >= 11 is 2.09. The first-order chi connectivity index (χ1) is 7.34. The summed E-state index contributed by atoms with van der Waals surface area (Å²) < 4.78 is 5.67. The summed E-state index contributed by atoms with van der Waals surface area (Å²) in [6, 6.07) is 1.37. The minimum atomic E-state index is 0.531. The molecule has 1 N–H and O–H groups in total. The minimum absolute atomic E-state index is 0.531. The van der Waals surface area contributed by atoms with E-state index in [1.165, 1.54) is 43.6 Å². The summed E-state index contributed by atoms with van der Waals surface area (Å²) in [5, 5.41) is 3.74. The highest BCUT2D eigenvalue weighted by Gasteiger charge is 2.21. The molecule has 0 saturated carbocycles. The SMILES string of the molecule is CC(CC1CCCO1)NC1CCCSC1. The van der Waals surface area contributed by atoms with Crippen LogP contribution in [0.3, 0.4) is 0 Å². The van der Waals surface area contributed by atoms with Crippen molar-refractivity contribution in [3.63, 3.8) is 0 Å². The Morgan fingerprint density at radius 1 is 1.40 bits per heavy atom. The highest BCUT2D eigenvalue weighted by molar-refractivity contribution is 7.99. The number of hydrogen-bond acceptors (Lipinski definition) is 3. The van der Waals surface area contributed by atoms with E-state index in [9.17, 15) is 0 Å². The third kappa shape index (κ3) is 3.97. The van der Waals surface area contributed by atoms with Gasteiger partial charge in [-0.15, -0.1) is 0 Å². The zero-order valence-corrected chi connectivity index (χ0v) is 10.5. The van der Waals surface area contributed by atoms with Gasteiger partial charge in [0, 0.05) is 24.4 Å². The molecule has 2 nitrogen and oxygen atoms in total. The van der Waals surface area contributed by atoms with Gasteiger partial charge in [-0.2, -0.15) is 11.8 Å². The quantitative estimate of drug-likeness (QED) is 0.800. The molecule has 0 amide bonds. The van der Waals surface area contributed by atoms with Gasteiger partial charge >= 0.3 is 0 Å². The maximum Gasteiger partial charge on any atom is 0.0590 e. The molecule has 0 radical (unpaired) electrons. The number of hydrogen-bond donors (Lipinski definition) is 1. The van der Waals surface area contributed by atoms with E-state index in [-0.39, 0.29) is 0 Å². The predicted octanol–water partition coefficient (Wildman–Crippen LogP) is 2.43. The molecule has 0 bridgehead atoms. The van der Waals surface area contributed by atoms with E-state index in [4.69, 9.17) is 4.74 Å². The van der Waals surface area contributed by atoms with E-state index >= 15 is 0 Å². The van der Waals surface area contributed by atoms with Crippen LogP contribution >= 0.6 is 11.8 Å². The molecule has 15 heavy (non-hydrogen) atoms. The summed E-state index contributed by atoms with van der Waals surface area (Å²) in [4.78, 5) is 0. The molecule has 3 atom stereocenters. The Bertz CT molecular complexity index is 176. The maximum atomic E-state index is 5.67. The second kappa shape index (κ2) is 6.12. The zero-order chi connectivity index (χ0) is 10.5. The van der Waals surface area contributed by atoms with Gasteiger partial charge in [-0.3, -0.25) is 0 Å². The molecule has 0 aromatic rings. The molecule has 0 aliphatic carbocycles. The van der Waals surface area contributed by atoms with Crippen molar-refractivity contribution in [1.29, 1.82) is 0 Å². The Hall–Kier alpha value is 0.270. The summed E-state index contributed by atoms with van der Waals surface area (Å²) in [6.45, 7) is 3.29. The van der Waals surface area contributed by atoms with Crippen molar-refractivity contribution in [2.45, 2.75) is 57.2 Å². The Balaban J connectivity index is 1.64. The first-order valence-electron chi connectivity index (χ1n) is 6.30. The van der Waals surface area contributed by atoms with Crippen LogP contribution in [-0.2, 0) is 4.74 Å². The smallest absolute Gasteiger partial charge is 0.0590 e. The van der Waals surface area contributed by atoms with Crippen LogP contribution in [0.15, 0.2) is 0 Å². The average Bonchev–Trinajstić information content (AvgIpc) is 2.71. The molecule has 2 fully saturated rings. The molecule has 0 aromatic heterocycles. The summed E-state index contributed by atoms with van der Waals surface area (Å²) in [6.07, 6.45) is 7.00. The molecule has 3 heteroatoms. The lowest BCUT2D eigenvalue weighted by atomic mass is 10.1. The number of rotatable bonds is 4. The van der Waals surface area contributed by atoms with Crippen LogP contribution in [0.5, 0.6) is 0 Å². The van der Waals surface area contributed by atoms with Gasteiger partial charge in [0.25, 0.3) is 0 Å². The van der Waals surface area contributed by atoms with Crippen molar-refractivity contribution in [1.82, 2.24) is 5.32 Å². The van der Waals surface area contributed by atoms with Crippen molar-refractivity contribution in [2.24, 2.45) is 0 Å². The van der Waals surface area contributed by atoms with Gasteiger partial charge in [-0.05, 0) is 44.8 Å². The van der Waals surface area contributed by atoms with Gasteiger partial charge in [-0.1, -0.05) is 0 Å². The van der Waals surface area contributed by atoms with Gasteiger partial charge in [0.1, 0.15) is 0 Å². The van der Waals surface area contributed by atoms with Crippen molar-refractivity contribution < 1.29 is 4.74 Å². The van der Waals surface area contributed by atoms with Crippen LogP contribution in [0.4, 0.5) is 0 Å². The first-order valence-corrected chi connectivity index (χ1v) is 7.45. The van der Waals surface area contributed by atoms with E-state index in [1.54, 1.807) is 0 Å². The van der Waals surface area contributed by atoms with Gasteiger partial charge < -0.3 is 10.1 Å². The molecule has 2 rings (SSSR count). The average molecular weight is 229 g/mol. The largest absolute Gasteiger partial charge is 0.378 e. The Morgan fingerprint density at radius 2 is 2.33 bits per heavy atom. The second-order valence-corrected chi connectivity index (χ2v) is 6.00. The third-order valence-electron chi connectivity index (χ3n) is 3.32.